The van der Waals surface area contributed by atoms with Crippen molar-refractivity contribution in [2.24, 2.45) is 5.92 Å². The Bertz CT molecular complexity index is 403. The van der Waals surface area contributed by atoms with Gasteiger partial charge in [-0.25, -0.2) is 4.39 Å². The maximum absolute atomic E-state index is 13.6. The molecule has 100 valence electrons. The predicted molar refractivity (Wildman–Crippen MR) is 74.6 cm³/mol. The summed E-state index contributed by atoms with van der Waals surface area (Å²) < 4.78 is 13.6. The van der Waals surface area contributed by atoms with E-state index in [0.717, 1.165) is 30.9 Å². The fourth-order valence-corrected chi connectivity index (χ4v) is 2.71. The van der Waals surface area contributed by atoms with Crippen LogP contribution in [0.5, 0.6) is 0 Å². The molecule has 1 aliphatic rings. The summed E-state index contributed by atoms with van der Waals surface area (Å²) in [7, 11) is 0. The molecule has 3 heteroatoms. The van der Waals surface area contributed by atoms with Gasteiger partial charge in [0.25, 0.3) is 0 Å². The Hall–Kier alpha value is -1.09. The number of hydrogen-bond donors (Lipinski definition) is 1. The van der Waals surface area contributed by atoms with E-state index in [1.807, 2.05) is 13.0 Å². The van der Waals surface area contributed by atoms with Crippen LogP contribution < -0.4 is 10.2 Å². The number of anilines is 1. The monoisotopic (exact) mass is 250 g/mol. The lowest BCUT2D eigenvalue weighted by Gasteiger charge is -2.36. The molecule has 0 amide bonds. The third kappa shape index (κ3) is 3.02. The zero-order chi connectivity index (χ0) is 13.1. The average Bonchev–Trinajstić information content (AvgIpc) is 2.32. The number of hydrogen-bond acceptors (Lipinski definition) is 2. The van der Waals surface area contributed by atoms with Crippen molar-refractivity contribution >= 4 is 5.69 Å². The lowest BCUT2D eigenvalue weighted by molar-refractivity contribution is 0.388. The molecule has 2 nitrogen and oxygen atoms in total. The van der Waals surface area contributed by atoms with Gasteiger partial charge in [0.1, 0.15) is 5.82 Å². The molecule has 0 aromatic heterocycles. The number of halogens is 1. The van der Waals surface area contributed by atoms with Gasteiger partial charge in [-0.1, -0.05) is 19.9 Å². The van der Waals surface area contributed by atoms with Crippen LogP contribution in [0.25, 0.3) is 0 Å². The lowest BCUT2D eigenvalue weighted by atomic mass is 10.0. The lowest BCUT2D eigenvalue weighted by Crippen LogP contribution is -2.51. The first kappa shape index (κ1) is 13.3. The summed E-state index contributed by atoms with van der Waals surface area (Å²) in [5.74, 6) is 0.586. The smallest absolute Gasteiger partial charge is 0.128 e. The molecule has 1 aliphatic heterocycles. The molecule has 0 radical (unpaired) electrons. The normalized spacial score (nSPS) is 20.5. The van der Waals surface area contributed by atoms with Gasteiger partial charge in [-0.3, -0.25) is 0 Å². The molecule has 18 heavy (non-hydrogen) atoms. The molecule has 1 saturated heterocycles. The Balaban J connectivity index is 2.11. The first-order valence-electron chi connectivity index (χ1n) is 6.81. The van der Waals surface area contributed by atoms with Crippen molar-refractivity contribution in [3.63, 3.8) is 0 Å². The van der Waals surface area contributed by atoms with Crippen molar-refractivity contribution in [2.45, 2.75) is 33.2 Å². The minimum atomic E-state index is -0.105. The Morgan fingerprint density at radius 1 is 1.44 bits per heavy atom. The first-order valence-corrected chi connectivity index (χ1v) is 6.81. The van der Waals surface area contributed by atoms with Gasteiger partial charge in [0.2, 0.25) is 0 Å². The number of piperazine rings is 1. The van der Waals surface area contributed by atoms with E-state index in [2.05, 4.69) is 24.1 Å². The number of nitrogens with one attached hydrogen (secondary N) is 1. The summed E-state index contributed by atoms with van der Waals surface area (Å²) in [5, 5.41) is 3.55. The van der Waals surface area contributed by atoms with Crippen LogP contribution in [0.1, 0.15) is 25.8 Å². The highest BCUT2D eigenvalue weighted by Crippen LogP contribution is 2.24. The Morgan fingerprint density at radius 3 is 2.94 bits per heavy atom. The van der Waals surface area contributed by atoms with E-state index < -0.39 is 0 Å². The van der Waals surface area contributed by atoms with Crippen molar-refractivity contribution < 1.29 is 4.39 Å². The van der Waals surface area contributed by atoms with Crippen LogP contribution in [0.15, 0.2) is 18.2 Å². The average molecular weight is 250 g/mol. The minimum absolute atomic E-state index is 0.105. The van der Waals surface area contributed by atoms with Gasteiger partial charge in [-0.05, 0) is 31.4 Å². The van der Waals surface area contributed by atoms with E-state index in [1.54, 1.807) is 6.07 Å². The fraction of sp³-hybridized carbons (Fsp3) is 0.600. The summed E-state index contributed by atoms with van der Waals surface area (Å²) >= 11 is 0. The van der Waals surface area contributed by atoms with Crippen molar-refractivity contribution in [2.75, 3.05) is 24.5 Å². The highest BCUT2D eigenvalue weighted by molar-refractivity contribution is 5.54. The molecular formula is C15H23FN2. The van der Waals surface area contributed by atoms with Crippen LogP contribution in [-0.4, -0.2) is 25.7 Å². The van der Waals surface area contributed by atoms with Gasteiger partial charge >= 0.3 is 0 Å². The van der Waals surface area contributed by atoms with Gasteiger partial charge in [-0.15, -0.1) is 0 Å². The molecule has 0 spiro atoms. The molecule has 0 saturated carbocycles. The zero-order valence-electron chi connectivity index (χ0n) is 11.5. The van der Waals surface area contributed by atoms with Gasteiger partial charge in [0.05, 0.1) is 0 Å². The molecule has 1 fully saturated rings. The van der Waals surface area contributed by atoms with Crippen LogP contribution in [0.2, 0.25) is 0 Å². The maximum atomic E-state index is 13.6. The summed E-state index contributed by atoms with van der Waals surface area (Å²) in [4.78, 5) is 2.31. The summed E-state index contributed by atoms with van der Waals surface area (Å²) in [6, 6.07) is 5.88. The maximum Gasteiger partial charge on any atom is 0.128 e. The topological polar surface area (TPSA) is 15.3 Å². The number of benzene rings is 1. The Morgan fingerprint density at radius 2 is 2.22 bits per heavy atom. The molecule has 2 rings (SSSR count). The fourth-order valence-electron chi connectivity index (χ4n) is 2.71. The largest absolute Gasteiger partial charge is 0.368 e. The van der Waals surface area contributed by atoms with E-state index in [4.69, 9.17) is 0 Å². The SMILES string of the molecule is Cc1c(F)cccc1N1CCNC(CC(C)C)C1. The zero-order valence-corrected chi connectivity index (χ0v) is 11.5. The number of nitrogens with zero attached hydrogens (tertiary/aromatic N) is 1. The minimum Gasteiger partial charge on any atom is -0.368 e. The van der Waals surface area contributed by atoms with Crippen LogP contribution in [0.4, 0.5) is 10.1 Å². The van der Waals surface area contributed by atoms with E-state index in [-0.39, 0.29) is 5.82 Å². The molecule has 1 heterocycles. The molecule has 1 atom stereocenters. The molecule has 0 aliphatic carbocycles. The molecule has 1 unspecified atom stereocenters. The van der Waals surface area contributed by atoms with E-state index in [1.165, 1.54) is 12.5 Å². The first-order chi connectivity index (χ1) is 8.58. The standard InChI is InChI=1S/C15H23FN2/c1-11(2)9-13-10-18(8-7-17-13)15-6-4-5-14(16)12(15)3/h4-6,11,13,17H,7-10H2,1-3H3. The molecule has 1 aromatic carbocycles. The highest BCUT2D eigenvalue weighted by atomic mass is 19.1. The summed E-state index contributed by atoms with van der Waals surface area (Å²) in [6.45, 7) is 9.26. The van der Waals surface area contributed by atoms with Crippen LogP contribution in [0, 0.1) is 18.7 Å². The Kier molecular flexibility index (Phi) is 4.23. The van der Waals surface area contributed by atoms with Gasteiger partial charge in [-0.2, -0.15) is 0 Å². The third-order valence-corrected chi connectivity index (χ3v) is 3.59. The molecule has 1 aromatic rings. The van der Waals surface area contributed by atoms with Gasteiger partial charge in [0, 0.05) is 36.9 Å². The van der Waals surface area contributed by atoms with E-state index >= 15 is 0 Å². The predicted octanol–water partition coefficient (Wildman–Crippen LogP) is 2.96. The molecular weight excluding hydrogens is 227 g/mol. The van der Waals surface area contributed by atoms with E-state index in [0.29, 0.717) is 12.0 Å². The number of rotatable bonds is 3. The summed E-state index contributed by atoms with van der Waals surface area (Å²) in [5.41, 5.74) is 1.81. The van der Waals surface area contributed by atoms with Crippen LogP contribution >= 0.6 is 0 Å². The van der Waals surface area contributed by atoms with Crippen molar-refractivity contribution in [1.82, 2.24) is 5.32 Å². The second-order valence-corrected chi connectivity index (χ2v) is 5.61. The van der Waals surface area contributed by atoms with Gasteiger partial charge < -0.3 is 10.2 Å². The molecule has 1 N–H and O–H groups in total. The third-order valence-electron chi connectivity index (χ3n) is 3.59. The highest BCUT2D eigenvalue weighted by Gasteiger charge is 2.21. The van der Waals surface area contributed by atoms with Crippen molar-refractivity contribution in [1.29, 1.82) is 0 Å². The second kappa shape index (κ2) is 5.70. The van der Waals surface area contributed by atoms with Crippen molar-refractivity contribution in [3.8, 4) is 0 Å². The van der Waals surface area contributed by atoms with Crippen LogP contribution in [0.3, 0.4) is 0 Å². The van der Waals surface area contributed by atoms with E-state index in [9.17, 15) is 4.39 Å². The summed E-state index contributed by atoms with van der Waals surface area (Å²) in [6.07, 6.45) is 1.17. The van der Waals surface area contributed by atoms with Crippen molar-refractivity contribution in [3.05, 3.63) is 29.6 Å². The quantitative estimate of drug-likeness (QED) is 0.887. The second-order valence-electron chi connectivity index (χ2n) is 5.61. The Labute approximate surface area is 109 Å². The molecule has 0 bridgehead atoms. The van der Waals surface area contributed by atoms with Crippen LogP contribution in [-0.2, 0) is 0 Å². The van der Waals surface area contributed by atoms with Gasteiger partial charge in [0.15, 0.2) is 0 Å².